The summed E-state index contributed by atoms with van der Waals surface area (Å²) in [6.45, 7) is 0.546. The molecule has 0 aliphatic carbocycles. The highest BCUT2D eigenvalue weighted by molar-refractivity contribution is 5.80. The van der Waals surface area contributed by atoms with E-state index in [0.717, 1.165) is 6.92 Å². The Balaban J connectivity index is 3.72. The van der Waals surface area contributed by atoms with Crippen molar-refractivity contribution in [1.29, 1.82) is 0 Å². The van der Waals surface area contributed by atoms with Gasteiger partial charge in [-0.1, -0.05) is 0 Å². The summed E-state index contributed by atoms with van der Waals surface area (Å²) < 4.78 is 0. The second-order valence-corrected chi connectivity index (χ2v) is 1.81. The van der Waals surface area contributed by atoms with Crippen LogP contribution in [0.2, 0.25) is 0 Å². The summed E-state index contributed by atoms with van der Waals surface area (Å²) in [6, 6.07) is 0. The molecule has 0 saturated carbocycles. The molecule has 4 nitrogen and oxygen atoms in total. The maximum absolute atomic E-state index is 10.2. The molecule has 1 unspecified atom stereocenters. The van der Waals surface area contributed by atoms with Crippen molar-refractivity contribution in [2.75, 3.05) is 6.61 Å². The number of aliphatic hydroxyl groups excluding tert-OH is 3. The summed E-state index contributed by atoms with van der Waals surface area (Å²) in [5, 5.41) is 25.4. The molecule has 0 rings (SSSR count). The van der Waals surface area contributed by atoms with E-state index < -0.39 is 24.6 Å². The molecule has 9 heavy (non-hydrogen) atoms. The van der Waals surface area contributed by atoms with Crippen LogP contribution in [0.4, 0.5) is 0 Å². The zero-order chi connectivity index (χ0) is 7.44. The number of Topliss-reactive ketones (excluding diaryl/α,β-unsaturated/α-hetero) is 1. The number of ketones is 1. The lowest BCUT2D eigenvalue weighted by Gasteiger charge is -2.10. The second kappa shape index (κ2) is 3.55. The maximum atomic E-state index is 10.2. The lowest BCUT2D eigenvalue weighted by atomic mass is 10.1. The van der Waals surface area contributed by atoms with E-state index in [-0.39, 0.29) is 0 Å². The Labute approximate surface area is 52.7 Å². The Kier molecular flexibility index (Phi) is 3.37. The van der Waals surface area contributed by atoms with Crippen LogP contribution in [0.1, 0.15) is 6.92 Å². The van der Waals surface area contributed by atoms with E-state index in [0.29, 0.717) is 0 Å². The van der Waals surface area contributed by atoms with Crippen molar-refractivity contribution in [3.8, 4) is 0 Å². The molecule has 0 aliphatic heterocycles. The lowest BCUT2D eigenvalue weighted by molar-refractivity contribution is -0.132. The van der Waals surface area contributed by atoms with Crippen molar-refractivity contribution in [2.24, 2.45) is 0 Å². The maximum Gasteiger partial charge on any atom is 0.160 e. The second-order valence-electron chi connectivity index (χ2n) is 1.81. The van der Waals surface area contributed by atoms with Crippen LogP contribution in [0.5, 0.6) is 0 Å². The van der Waals surface area contributed by atoms with Gasteiger partial charge in [0.05, 0.1) is 6.61 Å². The van der Waals surface area contributed by atoms with Gasteiger partial charge < -0.3 is 15.3 Å². The fraction of sp³-hybridized carbons (Fsp3) is 0.800. The molecule has 54 valence electrons. The van der Waals surface area contributed by atoms with Crippen molar-refractivity contribution in [2.45, 2.75) is 19.1 Å². The Bertz CT molecular complexity index is 101. The minimum atomic E-state index is -1.45. The molecular weight excluding hydrogens is 124 g/mol. The van der Waals surface area contributed by atoms with Crippen LogP contribution in [0.25, 0.3) is 0 Å². The number of carbonyl (C=O) groups is 1. The molecule has 3 N–H and O–H groups in total. The third-order valence-electron chi connectivity index (χ3n) is 0.968. The van der Waals surface area contributed by atoms with E-state index in [1.807, 2.05) is 0 Å². The van der Waals surface area contributed by atoms with Gasteiger partial charge in [-0.2, -0.15) is 0 Å². The summed E-state index contributed by atoms with van der Waals surface area (Å²) in [5.41, 5.74) is 0. The average molecular weight is 134 g/mol. The first kappa shape index (κ1) is 8.55. The Morgan fingerprint density at radius 3 is 2.11 bits per heavy atom. The molecule has 0 aromatic rings. The molecule has 0 aliphatic rings. The normalized spacial score (nSPS) is 16.9. The molecule has 0 aromatic carbocycles. The number of hydrogen-bond donors (Lipinski definition) is 3. The molecule has 0 spiro atoms. The van der Waals surface area contributed by atoms with Crippen LogP contribution in [0.3, 0.4) is 0 Å². The van der Waals surface area contributed by atoms with Crippen molar-refractivity contribution in [3.05, 3.63) is 0 Å². The minimum Gasteiger partial charge on any atom is -0.394 e. The smallest absolute Gasteiger partial charge is 0.160 e. The number of aliphatic hydroxyl groups is 3. The van der Waals surface area contributed by atoms with Gasteiger partial charge in [-0.05, 0) is 6.92 Å². The predicted molar refractivity (Wildman–Crippen MR) is 29.8 cm³/mol. The molecule has 2 atom stereocenters. The molecule has 0 bridgehead atoms. The fourth-order valence-corrected chi connectivity index (χ4v) is 0.371. The zero-order valence-electron chi connectivity index (χ0n) is 5.11. The summed E-state index contributed by atoms with van der Waals surface area (Å²) in [5.74, 6) is -0.545. The van der Waals surface area contributed by atoms with Crippen LogP contribution in [0, 0.1) is 0 Å². The fourth-order valence-electron chi connectivity index (χ4n) is 0.371. The highest BCUT2D eigenvalue weighted by Gasteiger charge is 2.18. The summed E-state index contributed by atoms with van der Waals surface area (Å²) in [6.07, 6.45) is -2.79. The average Bonchev–Trinajstić information content (AvgIpc) is 1.84. The number of rotatable bonds is 3. The Morgan fingerprint density at radius 2 is 2.00 bits per heavy atom. The number of carbonyl (C=O) groups excluding carboxylic acids is 1. The van der Waals surface area contributed by atoms with Gasteiger partial charge in [0.1, 0.15) is 12.2 Å². The standard InChI is InChI=1S/C5H10O4/c1-3(7)5(9)4(8)2-6/h4-6,8-9H,2H2,1H3/t4-,5?/m0/s1. The first-order valence-corrected chi connectivity index (χ1v) is 2.57. The monoisotopic (exact) mass is 134 g/mol. The highest BCUT2D eigenvalue weighted by atomic mass is 16.4. The van der Waals surface area contributed by atoms with E-state index in [1.165, 1.54) is 0 Å². The van der Waals surface area contributed by atoms with Gasteiger partial charge in [0.25, 0.3) is 0 Å². The van der Waals surface area contributed by atoms with E-state index in [4.69, 9.17) is 15.3 Å². The molecule has 0 radical (unpaired) electrons. The molecule has 0 heterocycles. The first-order chi connectivity index (χ1) is 4.09. The third kappa shape index (κ3) is 2.55. The Hall–Kier alpha value is -0.450. The third-order valence-corrected chi connectivity index (χ3v) is 0.968. The minimum absolute atomic E-state index is 0.545. The van der Waals surface area contributed by atoms with Gasteiger partial charge in [0.15, 0.2) is 5.78 Å². The van der Waals surface area contributed by atoms with E-state index in [9.17, 15) is 4.79 Å². The Morgan fingerprint density at radius 1 is 1.56 bits per heavy atom. The first-order valence-electron chi connectivity index (χ1n) is 2.57. The largest absolute Gasteiger partial charge is 0.394 e. The predicted octanol–water partition coefficient (Wildman–Crippen LogP) is -1.71. The van der Waals surface area contributed by atoms with Gasteiger partial charge in [0, 0.05) is 0 Å². The summed E-state index contributed by atoms with van der Waals surface area (Å²) in [7, 11) is 0. The van der Waals surface area contributed by atoms with Gasteiger partial charge >= 0.3 is 0 Å². The summed E-state index contributed by atoms with van der Waals surface area (Å²) in [4.78, 5) is 10.2. The molecule has 0 amide bonds. The van der Waals surface area contributed by atoms with E-state index >= 15 is 0 Å². The van der Waals surface area contributed by atoms with Crippen molar-refractivity contribution < 1.29 is 20.1 Å². The van der Waals surface area contributed by atoms with Gasteiger partial charge in [-0.3, -0.25) is 4.79 Å². The molecule has 0 saturated heterocycles. The summed E-state index contributed by atoms with van der Waals surface area (Å²) >= 11 is 0. The van der Waals surface area contributed by atoms with Crippen molar-refractivity contribution in [1.82, 2.24) is 0 Å². The van der Waals surface area contributed by atoms with Gasteiger partial charge in [0.2, 0.25) is 0 Å². The lowest BCUT2D eigenvalue weighted by Crippen LogP contribution is -2.34. The van der Waals surface area contributed by atoms with Gasteiger partial charge in [-0.25, -0.2) is 0 Å². The quantitative estimate of drug-likeness (QED) is 0.429. The van der Waals surface area contributed by atoms with Crippen molar-refractivity contribution in [3.63, 3.8) is 0 Å². The van der Waals surface area contributed by atoms with Crippen LogP contribution >= 0.6 is 0 Å². The molecular formula is C5H10O4. The SMILES string of the molecule is CC(=O)C(O)[C@@H](O)CO. The highest BCUT2D eigenvalue weighted by Crippen LogP contribution is 1.92. The van der Waals surface area contributed by atoms with Crippen LogP contribution in [0.15, 0.2) is 0 Å². The van der Waals surface area contributed by atoms with E-state index in [1.54, 1.807) is 0 Å². The molecule has 0 aromatic heterocycles. The topological polar surface area (TPSA) is 77.8 Å². The van der Waals surface area contributed by atoms with Crippen molar-refractivity contribution >= 4 is 5.78 Å². The van der Waals surface area contributed by atoms with E-state index in [2.05, 4.69) is 0 Å². The number of hydrogen-bond acceptors (Lipinski definition) is 4. The van der Waals surface area contributed by atoms with Crippen LogP contribution < -0.4 is 0 Å². The van der Waals surface area contributed by atoms with Gasteiger partial charge in [-0.15, -0.1) is 0 Å². The van der Waals surface area contributed by atoms with Crippen LogP contribution in [-0.4, -0.2) is 39.9 Å². The molecule has 4 heteroatoms. The zero-order valence-corrected chi connectivity index (χ0v) is 5.11. The van der Waals surface area contributed by atoms with Crippen LogP contribution in [-0.2, 0) is 4.79 Å². The molecule has 0 fully saturated rings.